The van der Waals surface area contributed by atoms with Gasteiger partial charge in [-0.25, -0.2) is 0 Å². The molecule has 136 valence electrons. The van der Waals surface area contributed by atoms with Gasteiger partial charge in [-0.3, -0.25) is 9.59 Å². The van der Waals surface area contributed by atoms with E-state index in [2.05, 4.69) is 0 Å². The van der Waals surface area contributed by atoms with Crippen molar-refractivity contribution < 1.29 is 14.3 Å². The number of anilines is 2. The van der Waals surface area contributed by atoms with E-state index in [9.17, 15) is 9.59 Å². The molecule has 1 saturated heterocycles. The van der Waals surface area contributed by atoms with Crippen LogP contribution in [0.5, 0.6) is 5.75 Å². The fourth-order valence-electron chi connectivity index (χ4n) is 3.20. The zero-order chi connectivity index (χ0) is 18.5. The van der Waals surface area contributed by atoms with E-state index in [0.717, 1.165) is 24.3 Å². The van der Waals surface area contributed by atoms with Gasteiger partial charge in [0.05, 0.1) is 0 Å². The molecule has 0 N–H and O–H groups in total. The number of hydrogen-bond acceptors (Lipinski definition) is 3. The van der Waals surface area contributed by atoms with Crippen molar-refractivity contribution in [1.82, 2.24) is 0 Å². The van der Waals surface area contributed by atoms with Crippen LogP contribution in [-0.4, -0.2) is 31.0 Å². The van der Waals surface area contributed by atoms with Crippen LogP contribution in [-0.2, 0) is 9.59 Å². The highest BCUT2D eigenvalue weighted by Gasteiger charge is 2.22. The molecule has 2 aromatic carbocycles. The van der Waals surface area contributed by atoms with Crippen LogP contribution in [0.25, 0.3) is 0 Å². The lowest BCUT2D eigenvalue weighted by molar-refractivity contribution is -0.121. The minimum absolute atomic E-state index is 0.0297. The minimum atomic E-state index is -0.103. The lowest BCUT2D eigenvalue weighted by atomic mass is 10.2. The minimum Gasteiger partial charge on any atom is -0.484 e. The summed E-state index contributed by atoms with van der Waals surface area (Å²) < 4.78 is 5.73. The van der Waals surface area contributed by atoms with E-state index in [1.165, 1.54) is 0 Å². The molecule has 26 heavy (non-hydrogen) atoms. The highest BCUT2D eigenvalue weighted by atomic mass is 16.5. The van der Waals surface area contributed by atoms with Crippen molar-refractivity contribution in [1.29, 1.82) is 0 Å². The van der Waals surface area contributed by atoms with E-state index in [-0.39, 0.29) is 24.5 Å². The number of hydrogen-bond donors (Lipinski definition) is 0. The van der Waals surface area contributed by atoms with Crippen LogP contribution in [0.3, 0.4) is 0 Å². The summed E-state index contributed by atoms with van der Waals surface area (Å²) in [6.07, 6.45) is 1.47. The Hall–Kier alpha value is -2.82. The van der Waals surface area contributed by atoms with Crippen molar-refractivity contribution in [2.75, 3.05) is 23.0 Å². The molecule has 1 fully saturated rings. The van der Waals surface area contributed by atoms with E-state index in [1.54, 1.807) is 15.9 Å². The Balaban J connectivity index is 1.68. The summed E-state index contributed by atoms with van der Waals surface area (Å²) in [4.78, 5) is 28.1. The van der Waals surface area contributed by atoms with Crippen molar-refractivity contribution in [2.45, 2.75) is 32.7 Å². The molecule has 2 amide bonds. The highest BCUT2D eigenvalue weighted by Crippen LogP contribution is 2.25. The van der Waals surface area contributed by atoms with Gasteiger partial charge in [0.15, 0.2) is 6.61 Å². The van der Waals surface area contributed by atoms with Crippen molar-refractivity contribution >= 4 is 23.2 Å². The zero-order valence-corrected chi connectivity index (χ0v) is 15.2. The van der Waals surface area contributed by atoms with Crippen LogP contribution in [0.2, 0.25) is 0 Å². The summed E-state index contributed by atoms with van der Waals surface area (Å²) in [5.74, 6) is 0.620. The summed E-state index contributed by atoms with van der Waals surface area (Å²) in [6.45, 7) is 4.63. The Labute approximate surface area is 154 Å². The number of ether oxygens (including phenoxy) is 1. The number of amides is 2. The SMILES string of the molecule is CC(C)N(C(=O)COc1cccc(N2CCCC2=O)c1)c1ccccc1. The summed E-state index contributed by atoms with van der Waals surface area (Å²) in [5, 5.41) is 0. The second-order valence-electron chi connectivity index (χ2n) is 6.63. The first-order chi connectivity index (χ1) is 12.6. The van der Waals surface area contributed by atoms with Crippen LogP contribution in [0.4, 0.5) is 11.4 Å². The first-order valence-electron chi connectivity index (χ1n) is 8.96. The Morgan fingerprint density at radius 1 is 1.15 bits per heavy atom. The van der Waals surface area contributed by atoms with Crippen LogP contribution in [0, 0.1) is 0 Å². The van der Waals surface area contributed by atoms with Gasteiger partial charge in [-0.1, -0.05) is 24.3 Å². The second kappa shape index (κ2) is 8.04. The molecule has 1 aliphatic heterocycles. The lowest BCUT2D eigenvalue weighted by Crippen LogP contribution is -2.40. The number of carbonyl (C=O) groups excluding carboxylic acids is 2. The molecule has 0 atom stereocenters. The molecule has 5 heteroatoms. The van der Waals surface area contributed by atoms with E-state index in [4.69, 9.17) is 4.74 Å². The number of para-hydroxylation sites is 1. The van der Waals surface area contributed by atoms with Crippen molar-refractivity contribution in [3.05, 3.63) is 54.6 Å². The fourth-order valence-corrected chi connectivity index (χ4v) is 3.20. The van der Waals surface area contributed by atoms with E-state index < -0.39 is 0 Å². The van der Waals surface area contributed by atoms with Gasteiger partial charge >= 0.3 is 0 Å². The zero-order valence-electron chi connectivity index (χ0n) is 15.2. The molecular weight excluding hydrogens is 328 g/mol. The first kappa shape index (κ1) is 18.0. The predicted molar refractivity (Wildman–Crippen MR) is 103 cm³/mol. The van der Waals surface area contributed by atoms with Crippen molar-refractivity contribution in [3.63, 3.8) is 0 Å². The van der Waals surface area contributed by atoms with Gasteiger partial charge in [0.1, 0.15) is 5.75 Å². The third-order valence-corrected chi connectivity index (χ3v) is 4.38. The van der Waals surface area contributed by atoms with Gasteiger partial charge in [0.25, 0.3) is 5.91 Å². The smallest absolute Gasteiger partial charge is 0.265 e. The van der Waals surface area contributed by atoms with Crippen molar-refractivity contribution in [3.8, 4) is 5.75 Å². The standard InChI is InChI=1S/C21H24N2O3/c1-16(2)23(17-8-4-3-5-9-17)21(25)15-26-19-11-6-10-18(14-19)22-13-7-12-20(22)24/h3-6,8-11,14,16H,7,12-13,15H2,1-2H3. The largest absolute Gasteiger partial charge is 0.484 e. The first-order valence-corrected chi connectivity index (χ1v) is 8.96. The molecule has 0 unspecified atom stereocenters. The maximum atomic E-state index is 12.7. The van der Waals surface area contributed by atoms with Crippen LogP contribution >= 0.6 is 0 Å². The molecule has 3 rings (SSSR count). The summed E-state index contributed by atoms with van der Waals surface area (Å²) in [6, 6.07) is 17.0. The molecule has 0 aliphatic carbocycles. The molecular formula is C21H24N2O3. The average Bonchev–Trinajstić information content (AvgIpc) is 3.07. The Kier molecular flexibility index (Phi) is 5.56. The van der Waals surface area contributed by atoms with Crippen molar-refractivity contribution in [2.24, 2.45) is 0 Å². The summed E-state index contributed by atoms with van der Waals surface area (Å²) >= 11 is 0. The van der Waals surface area contributed by atoms with Gasteiger partial charge in [0, 0.05) is 36.4 Å². The number of benzene rings is 2. The third kappa shape index (κ3) is 4.04. The van der Waals surface area contributed by atoms with Gasteiger partial charge in [-0.05, 0) is 44.5 Å². The van der Waals surface area contributed by atoms with Gasteiger partial charge in [0.2, 0.25) is 5.91 Å². The third-order valence-electron chi connectivity index (χ3n) is 4.38. The molecule has 5 nitrogen and oxygen atoms in total. The average molecular weight is 352 g/mol. The molecule has 2 aromatic rings. The van der Waals surface area contributed by atoms with Crippen LogP contribution < -0.4 is 14.5 Å². The normalized spacial score (nSPS) is 14.0. The second-order valence-corrected chi connectivity index (χ2v) is 6.63. The molecule has 0 aromatic heterocycles. The predicted octanol–water partition coefficient (Wildman–Crippen LogP) is 3.63. The van der Waals surface area contributed by atoms with Gasteiger partial charge in [-0.15, -0.1) is 0 Å². The van der Waals surface area contributed by atoms with E-state index >= 15 is 0 Å². The van der Waals surface area contributed by atoms with Gasteiger partial charge in [-0.2, -0.15) is 0 Å². The fraction of sp³-hybridized carbons (Fsp3) is 0.333. The molecule has 1 heterocycles. The lowest BCUT2D eigenvalue weighted by Gasteiger charge is -2.27. The molecule has 0 radical (unpaired) electrons. The summed E-state index contributed by atoms with van der Waals surface area (Å²) in [7, 11) is 0. The van der Waals surface area contributed by atoms with Crippen LogP contribution in [0.15, 0.2) is 54.6 Å². The maximum absolute atomic E-state index is 12.7. The van der Waals surface area contributed by atoms with E-state index in [0.29, 0.717) is 12.2 Å². The highest BCUT2D eigenvalue weighted by molar-refractivity contribution is 5.96. The van der Waals surface area contributed by atoms with E-state index in [1.807, 2.05) is 62.4 Å². The molecule has 0 saturated carbocycles. The number of rotatable bonds is 6. The van der Waals surface area contributed by atoms with Gasteiger partial charge < -0.3 is 14.5 Å². The Bertz CT molecular complexity index is 774. The number of nitrogens with zero attached hydrogens (tertiary/aromatic N) is 2. The molecule has 1 aliphatic rings. The maximum Gasteiger partial charge on any atom is 0.265 e. The monoisotopic (exact) mass is 352 g/mol. The van der Waals surface area contributed by atoms with Crippen LogP contribution in [0.1, 0.15) is 26.7 Å². The summed E-state index contributed by atoms with van der Waals surface area (Å²) in [5.41, 5.74) is 1.67. The Morgan fingerprint density at radius 3 is 2.58 bits per heavy atom. The number of carbonyl (C=O) groups is 2. The Morgan fingerprint density at radius 2 is 1.92 bits per heavy atom. The molecule has 0 spiro atoms. The topological polar surface area (TPSA) is 49.9 Å². The quantitative estimate of drug-likeness (QED) is 0.798. The molecule has 0 bridgehead atoms.